The number of aliphatic carboxylic acids is 1. The number of carbonyl (C=O) groups is 3. The van der Waals surface area contributed by atoms with Crippen molar-refractivity contribution in [2.45, 2.75) is 38.0 Å². The summed E-state index contributed by atoms with van der Waals surface area (Å²) in [6.45, 7) is 0.715. The highest BCUT2D eigenvalue weighted by Gasteiger charge is 2.37. The number of carboxylic acids is 1. The first-order chi connectivity index (χ1) is 13.0. The zero-order valence-electron chi connectivity index (χ0n) is 14.9. The van der Waals surface area contributed by atoms with Crippen LogP contribution in [0, 0.1) is 0 Å². The maximum Gasteiger partial charge on any atom is 0.410 e. The minimum absolute atomic E-state index is 0.0766. The van der Waals surface area contributed by atoms with Crippen LogP contribution in [0.25, 0.3) is 0 Å². The van der Waals surface area contributed by atoms with E-state index in [-0.39, 0.29) is 31.6 Å². The Morgan fingerprint density at radius 3 is 2.67 bits per heavy atom. The molecule has 2 rings (SSSR count). The first-order valence-electron chi connectivity index (χ1n) is 8.81. The van der Waals surface area contributed by atoms with E-state index in [1.165, 1.54) is 4.90 Å². The summed E-state index contributed by atoms with van der Waals surface area (Å²) < 4.78 is 5.24. The van der Waals surface area contributed by atoms with Gasteiger partial charge in [0.25, 0.3) is 0 Å². The number of halogens is 1. The monoisotopic (exact) mass is 397 g/mol. The Bertz CT molecular complexity index is 643. The molecule has 9 heteroatoms. The molecule has 1 aliphatic rings. The topological polar surface area (TPSA) is 108 Å². The Morgan fingerprint density at radius 1 is 1.26 bits per heavy atom. The van der Waals surface area contributed by atoms with Crippen LogP contribution in [0.15, 0.2) is 30.3 Å². The van der Waals surface area contributed by atoms with Crippen molar-refractivity contribution in [2.24, 2.45) is 0 Å². The number of carbonyl (C=O) groups excluding carboxylic acids is 2. The number of carboxylic acid groups (broad SMARTS) is 1. The molecule has 1 fully saturated rings. The zero-order valence-corrected chi connectivity index (χ0v) is 15.7. The summed E-state index contributed by atoms with van der Waals surface area (Å²) in [4.78, 5) is 36.9. The molecule has 1 aliphatic heterocycles. The third-order valence-corrected chi connectivity index (χ3v) is 4.53. The molecule has 0 bridgehead atoms. The molecule has 27 heavy (non-hydrogen) atoms. The Kier molecular flexibility index (Phi) is 8.19. The number of urea groups is 1. The largest absolute Gasteiger partial charge is 0.480 e. The summed E-state index contributed by atoms with van der Waals surface area (Å²) in [7, 11) is 0. The molecule has 0 spiro atoms. The summed E-state index contributed by atoms with van der Waals surface area (Å²) >= 11 is 5.56. The first kappa shape index (κ1) is 20.8. The van der Waals surface area contributed by atoms with Gasteiger partial charge in [-0.1, -0.05) is 30.3 Å². The number of hydrogen-bond acceptors (Lipinski definition) is 4. The molecule has 3 N–H and O–H groups in total. The highest BCUT2D eigenvalue weighted by atomic mass is 35.5. The number of hydrogen-bond donors (Lipinski definition) is 3. The number of amides is 3. The summed E-state index contributed by atoms with van der Waals surface area (Å²) in [5.41, 5.74) is 0.822. The normalized spacial score (nSPS) is 19.2. The lowest BCUT2D eigenvalue weighted by atomic mass is 9.97. The van der Waals surface area contributed by atoms with E-state index in [4.69, 9.17) is 16.3 Å². The Balaban J connectivity index is 1.86. The number of rotatable bonds is 7. The summed E-state index contributed by atoms with van der Waals surface area (Å²) in [6.07, 6.45) is 0.556. The van der Waals surface area contributed by atoms with Gasteiger partial charge >= 0.3 is 18.1 Å². The van der Waals surface area contributed by atoms with Crippen molar-refractivity contribution in [3.05, 3.63) is 35.9 Å². The van der Waals surface area contributed by atoms with E-state index >= 15 is 0 Å². The summed E-state index contributed by atoms with van der Waals surface area (Å²) in [5, 5.41) is 14.9. The van der Waals surface area contributed by atoms with Gasteiger partial charge in [-0.3, -0.25) is 4.90 Å². The molecule has 8 nitrogen and oxygen atoms in total. The van der Waals surface area contributed by atoms with Crippen LogP contribution in [-0.4, -0.2) is 59.2 Å². The maximum absolute atomic E-state index is 12.3. The predicted octanol–water partition coefficient (Wildman–Crippen LogP) is 2.17. The van der Waals surface area contributed by atoms with Crippen molar-refractivity contribution in [2.75, 3.05) is 19.0 Å². The van der Waals surface area contributed by atoms with Crippen molar-refractivity contribution in [1.82, 2.24) is 15.5 Å². The standard InChI is InChI=1S/C18H24ClN3O5/c19-8-4-9-20-17(25)21-14-7-10-22(15(11-14)16(23)24)18(26)27-12-13-5-2-1-3-6-13/h1-3,5-6,14-15H,4,7-12H2,(H,23,24)(H2,20,21,25). The van der Waals surface area contributed by atoms with Crippen LogP contribution in [0.5, 0.6) is 0 Å². The lowest BCUT2D eigenvalue weighted by Gasteiger charge is -2.36. The van der Waals surface area contributed by atoms with Gasteiger partial charge in [-0.25, -0.2) is 14.4 Å². The second-order valence-electron chi connectivity index (χ2n) is 6.25. The molecule has 1 heterocycles. The Hall–Kier alpha value is -2.48. The van der Waals surface area contributed by atoms with Crippen molar-refractivity contribution >= 4 is 29.7 Å². The zero-order chi connectivity index (χ0) is 19.6. The smallest absolute Gasteiger partial charge is 0.410 e. The molecule has 148 valence electrons. The second-order valence-corrected chi connectivity index (χ2v) is 6.63. The molecule has 2 atom stereocenters. The van der Waals surface area contributed by atoms with Crippen molar-refractivity contribution in [1.29, 1.82) is 0 Å². The van der Waals surface area contributed by atoms with Crippen molar-refractivity contribution in [3.8, 4) is 0 Å². The van der Waals surface area contributed by atoms with E-state index in [1.54, 1.807) is 0 Å². The molecule has 1 saturated heterocycles. The van der Waals surface area contributed by atoms with E-state index in [0.29, 0.717) is 25.3 Å². The van der Waals surface area contributed by atoms with Gasteiger partial charge in [-0.2, -0.15) is 0 Å². The molecule has 0 aliphatic carbocycles. The molecule has 0 aromatic heterocycles. The quantitative estimate of drug-likeness (QED) is 0.482. The lowest BCUT2D eigenvalue weighted by Crippen LogP contribution is -2.56. The lowest BCUT2D eigenvalue weighted by molar-refractivity contribution is -0.144. The molecular weight excluding hydrogens is 374 g/mol. The minimum atomic E-state index is -1.12. The fraction of sp³-hybridized carbons (Fsp3) is 0.500. The Morgan fingerprint density at radius 2 is 2.00 bits per heavy atom. The van der Waals surface area contributed by atoms with Gasteiger partial charge in [0.1, 0.15) is 12.6 Å². The second kappa shape index (κ2) is 10.6. The van der Waals surface area contributed by atoms with Gasteiger partial charge in [0.15, 0.2) is 0 Å². The fourth-order valence-corrected chi connectivity index (χ4v) is 2.99. The molecular formula is C18H24ClN3O5. The predicted molar refractivity (Wildman–Crippen MR) is 99.7 cm³/mol. The third kappa shape index (κ3) is 6.63. The van der Waals surface area contributed by atoms with Gasteiger partial charge in [0, 0.05) is 25.0 Å². The Labute approximate surface area is 162 Å². The van der Waals surface area contributed by atoms with Crippen LogP contribution in [0.2, 0.25) is 0 Å². The number of nitrogens with one attached hydrogen (secondary N) is 2. The average Bonchev–Trinajstić information content (AvgIpc) is 2.67. The van der Waals surface area contributed by atoms with Crippen molar-refractivity contribution in [3.63, 3.8) is 0 Å². The SMILES string of the molecule is O=C(NCCCCl)NC1CCN(C(=O)OCc2ccccc2)C(C(=O)O)C1. The summed E-state index contributed by atoms with van der Waals surface area (Å²) in [5.74, 6) is -0.675. The fourth-order valence-electron chi connectivity index (χ4n) is 2.86. The van der Waals surface area contributed by atoms with E-state index in [1.807, 2.05) is 30.3 Å². The molecule has 1 aromatic carbocycles. The highest BCUT2D eigenvalue weighted by molar-refractivity contribution is 6.17. The average molecular weight is 398 g/mol. The van der Waals surface area contributed by atoms with Crippen LogP contribution < -0.4 is 10.6 Å². The third-order valence-electron chi connectivity index (χ3n) is 4.26. The molecule has 0 radical (unpaired) electrons. The van der Waals surface area contributed by atoms with Crippen LogP contribution >= 0.6 is 11.6 Å². The summed E-state index contributed by atoms with van der Waals surface area (Å²) in [6, 6.07) is 7.42. The molecule has 2 unspecified atom stereocenters. The van der Waals surface area contributed by atoms with Gasteiger partial charge < -0.3 is 20.5 Å². The van der Waals surface area contributed by atoms with E-state index in [2.05, 4.69) is 10.6 Å². The molecule has 0 saturated carbocycles. The van der Waals surface area contributed by atoms with Crippen LogP contribution in [0.3, 0.4) is 0 Å². The van der Waals surface area contributed by atoms with Crippen LogP contribution in [0.4, 0.5) is 9.59 Å². The number of likely N-dealkylation sites (tertiary alicyclic amines) is 1. The molecule has 1 aromatic rings. The minimum Gasteiger partial charge on any atom is -0.480 e. The van der Waals surface area contributed by atoms with Gasteiger partial charge in [-0.15, -0.1) is 11.6 Å². The van der Waals surface area contributed by atoms with Gasteiger partial charge in [0.2, 0.25) is 0 Å². The molecule has 3 amide bonds. The van der Waals surface area contributed by atoms with Gasteiger partial charge in [0.05, 0.1) is 0 Å². The number of piperidine rings is 1. The van der Waals surface area contributed by atoms with E-state index < -0.39 is 18.1 Å². The van der Waals surface area contributed by atoms with E-state index in [0.717, 1.165) is 5.56 Å². The number of ether oxygens (including phenoxy) is 1. The number of nitrogens with zero attached hydrogens (tertiary/aromatic N) is 1. The van der Waals surface area contributed by atoms with Crippen LogP contribution in [0.1, 0.15) is 24.8 Å². The van der Waals surface area contributed by atoms with Gasteiger partial charge in [-0.05, 0) is 24.8 Å². The highest BCUT2D eigenvalue weighted by Crippen LogP contribution is 2.19. The first-order valence-corrected chi connectivity index (χ1v) is 9.35. The number of benzene rings is 1. The maximum atomic E-state index is 12.3. The van der Waals surface area contributed by atoms with Crippen molar-refractivity contribution < 1.29 is 24.2 Å². The van der Waals surface area contributed by atoms with E-state index in [9.17, 15) is 19.5 Å². The van der Waals surface area contributed by atoms with Crippen LogP contribution in [-0.2, 0) is 16.1 Å². The number of alkyl halides is 1.